The number of benzene rings is 3. The van der Waals surface area contributed by atoms with Crippen LogP contribution in [-0.2, 0) is 6.61 Å². The standard InChI is InChI=1S/C22H16BrFN2O3/c1-28-19-11-14(21-25-18-8-3-2-7-16(18)22(27)26-21)10-17(23)20(19)29-12-13-5-4-6-15(24)9-13/h2-11H,12H2,1H3,(H,25,26,27). The Morgan fingerprint density at radius 2 is 1.93 bits per heavy atom. The van der Waals surface area contributed by atoms with Crippen LogP contribution in [0.15, 0.2) is 69.9 Å². The van der Waals surface area contributed by atoms with Crippen LogP contribution in [0.5, 0.6) is 11.5 Å². The van der Waals surface area contributed by atoms with Gasteiger partial charge >= 0.3 is 0 Å². The van der Waals surface area contributed by atoms with Gasteiger partial charge in [0.05, 0.1) is 22.5 Å². The van der Waals surface area contributed by atoms with Gasteiger partial charge in [-0.05, 0) is 57.9 Å². The average Bonchev–Trinajstić information content (AvgIpc) is 2.72. The summed E-state index contributed by atoms with van der Waals surface area (Å²) in [5, 5.41) is 0.525. The fourth-order valence-corrected chi connectivity index (χ4v) is 3.56. The Hall–Kier alpha value is -3.19. The van der Waals surface area contributed by atoms with Crippen molar-refractivity contribution in [2.75, 3.05) is 7.11 Å². The zero-order valence-electron chi connectivity index (χ0n) is 15.4. The molecule has 5 nitrogen and oxygen atoms in total. The first kappa shape index (κ1) is 19.1. The number of ether oxygens (including phenoxy) is 2. The quantitative estimate of drug-likeness (QED) is 0.456. The second kappa shape index (κ2) is 8.05. The summed E-state index contributed by atoms with van der Waals surface area (Å²) < 4.78 is 25.3. The van der Waals surface area contributed by atoms with E-state index >= 15 is 0 Å². The molecule has 0 radical (unpaired) electrons. The average molecular weight is 455 g/mol. The number of nitrogens with zero attached hydrogens (tertiary/aromatic N) is 1. The normalized spacial score (nSPS) is 10.9. The van der Waals surface area contributed by atoms with Crippen LogP contribution < -0.4 is 15.0 Å². The molecular formula is C22H16BrFN2O3. The first-order chi connectivity index (χ1) is 14.0. The maximum absolute atomic E-state index is 13.4. The predicted molar refractivity (Wildman–Crippen MR) is 113 cm³/mol. The minimum atomic E-state index is -0.321. The largest absolute Gasteiger partial charge is 0.493 e. The van der Waals surface area contributed by atoms with E-state index in [-0.39, 0.29) is 18.0 Å². The number of fused-ring (bicyclic) bond motifs is 1. The molecule has 0 aliphatic carbocycles. The Balaban J connectivity index is 1.70. The second-order valence-electron chi connectivity index (χ2n) is 6.34. The molecule has 4 rings (SSSR count). The molecule has 0 spiro atoms. The monoisotopic (exact) mass is 454 g/mol. The molecule has 29 heavy (non-hydrogen) atoms. The summed E-state index contributed by atoms with van der Waals surface area (Å²) in [6.07, 6.45) is 0. The summed E-state index contributed by atoms with van der Waals surface area (Å²) >= 11 is 3.49. The van der Waals surface area contributed by atoms with E-state index in [0.29, 0.717) is 43.8 Å². The van der Waals surface area contributed by atoms with Crippen molar-refractivity contribution in [1.82, 2.24) is 9.97 Å². The number of rotatable bonds is 5. The smallest absolute Gasteiger partial charge is 0.259 e. The highest BCUT2D eigenvalue weighted by atomic mass is 79.9. The van der Waals surface area contributed by atoms with Crippen LogP contribution >= 0.6 is 15.9 Å². The maximum Gasteiger partial charge on any atom is 0.259 e. The Bertz CT molecular complexity index is 1260. The van der Waals surface area contributed by atoms with E-state index < -0.39 is 0 Å². The highest BCUT2D eigenvalue weighted by Crippen LogP contribution is 2.39. The summed E-state index contributed by atoms with van der Waals surface area (Å²) in [5.74, 6) is 1.04. The van der Waals surface area contributed by atoms with Gasteiger partial charge in [-0.2, -0.15) is 0 Å². The molecule has 0 unspecified atom stereocenters. The van der Waals surface area contributed by atoms with Crippen molar-refractivity contribution in [3.05, 3.63) is 86.9 Å². The van der Waals surface area contributed by atoms with Gasteiger partial charge in [-0.25, -0.2) is 9.37 Å². The molecule has 0 atom stereocenters. The minimum Gasteiger partial charge on any atom is -0.493 e. The molecule has 1 aromatic heterocycles. The van der Waals surface area contributed by atoms with Crippen LogP contribution in [-0.4, -0.2) is 17.1 Å². The molecule has 3 aromatic carbocycles. The van der Waals surface area contributed by atoms with Crippen LogP contribution in [0.3, 0.4) is 0 Å². The number of aromatic nitrogens is 2. The van der Waals surface area contributed by atoms with Gasteiger partial charge in [0, 0.05) is 5.56 Å². The summed E-state index contributed by atoms with van der Waals surface area (Å²) in [5.41, 5.74) is 1.75. The number of hydrogen-bond donors (Lipinski definition) is 1. The van der Waals surface area contributed by atoms with Gasteiger partial charge in [-0.3, -0.25) is 4.79 Å². The number of para-hydroxylation sites is 1. The van der Waals surface area contributed by atoms with Crippen molar-refractivity contribution in [3.63, 3.8) is 0 Å². The third-order valence-corrected chi connectivity index (χ3v) is 4.98. The van der Waals surface area contributed by atoms with Crippen molar-refractivity contribution >= 4 is 26.8 Å². The van der Waals surface area contributed by atoms with E-state index in [1.165, 1.54) is 19.2 Å². The topological polar surface area (TPSA) is 64.2 Å². The summed E-state index contributed by atoms with van der Waals surface area (Å²) in [4.78, 5) is 19.7. The number of nitrogens with one attached hydrogen (secondary N) is 1. The lowest BCUT2D eigenvalue weighted by atomic mass is 10.1. The number of hydrogen-bond acceptors (Lipinski definition) is 4. The molecule has 0 amide bonds. The van der Waals surface area contributed by atoms with Crippen molar-refractivity contribution in [2.45, 2.75) is 6.61 Å². The van der Waals surface area contributed by atoms with Crippen LogP contribution in [0.1, 0.15) is 5.56 Å². The van der Waals surface area contributed by atoms with Crippen molar-refractivity contribution in [3.8, 4) is 22.9 Å². The van der Waals surface area contributed by atoms with E-state index in [2.05, 4.69) is 25.9 Å². The Morgan fingerprint density at radius 3 is 2.72 bits per heavy atom. The van der Waals surface area contributed by atoms with Gasteiger partial charge in [0.15, 0.2) is 11.5 Å². The molecule has 4 aromatic rings. The van der Waals surface area contributed by atoms with E-state index in [0.717, 1.165) is 0 Å². The first-order valence-corrected chi connectivity index (χ1v) is 9.58. The van der Waals surface area contributed by atoms with Crippen LogP contribution in [0.4, 0.5) is 4.39 Å². The Morgan fingerprint density at radius 1 is 1.10 bits per heavy atom. The van der Waals surface area contributed by atoms with E-state index in [4.69, 9.17) is 9.47 Å². The van der Waals surface area contributed by atoms with Gasteiger partial charge in [0.2, 0.25) is 0 Å². The highest BCUT2D eigenvalue weighted by Gasteiger charge is 2.15. The molecule has 0 aliphatic rings. The third-order valence-electron chi connectivity index (χ3n) is 4.39. The lowest BCUT2D eigenvalue weighted by molar-refractivity contribution is 0.282. The molecular weight excluding hydrogens is 439 g/mol. The number of methoxy groups -OCH3 is 1. The van der Waals surface area contributed by atoms with Crippen LogP contribution in [0.25, 0.3) is 22.3 Å². The summed E-state index contributed by atoms with van der Waals surface area (Å²) in [7, 11) is 1.52. The van der Waals surface area contributed by atoms with Gasteiger partial charge in [-0.1, -0.05) is 24.3 Å². The van der Waals surface area contributed by atoms with Crippen molar-refractivity contribution < 1.29 is 13.9 Å². The first-order valence-electron chi connectivity index (χ1n) is 8.79. The van der Waals surface area contributed by atoms with Gasteiger partial charge in [-0.15, -0.1) is 0 Å². The molecule has 146 valence electrons. The molecule has 0 aliphatic heterocycles. The summed E-state index contributed by atoms with van der Waals surface area (Å²) in [6, 6.07) is 16.9. The molecule has 1 heterocycles. The van der Waals surface area contributed by atoms with Crippen LogP contribution in [0, 0.1) is 5.82 Å². The highest BCUT2D eigenvalue weighted by molar-refractivity contribution is 9.10. The predicted octanol–water partition coefficient (Wildman–Crippen LogP) is 5.08. The number of H-pyrrole nitrogens is 1. The molecule has 7 heteroatoms. The maximum atomic E-state index is 13.4. The fourth-order valence-electron chi connectivity index (χ4n) is 3.00. The minimum absolute atomic E-state index is 0.178. The van der Waals surface area contributed by atoms with Crippen molar-refractivity contribution in [2.24, 2.45) is 0 Å². The Kier molecular flexibility index (Phi) is 5.31. The zero-order valence-corrected chi connectivity index (χ0v) is 17.0. The molecule has 0 fully saturated rings. The molecule has 1 N–H and O–H groups in total. The van der Waals surface area contributed by atoms with Crippen LogP contribution in [0.2, 0.25) is 0 Å². The zero-order chi connectivity index (χ0) is 20.4. The molecule has 0 bridgehead atoms. The lowest BCUT2D eigenvalue weighted by Crippen LogP contribution is -2.09. The lowest BCUT2D eigenvalue weighted by Gasteiger charge is -2.14. The van der Waals surface area contributed by atoms with Crippen molar-refractivity contribution in [1.29, 1.82) is 0 Å². The number of aromatic amines is 1. The SMILES string of the molecule is COc1cc(-c2nc3ccccc3c(=O)[nH]2)cc(Br)c1OCc1cccc(F)c1. The number of halogens is 2. The van der Waals surface area contributed by atoms with Gasteiger partial charge in [0.1, 0.15) is 18.2 Å². The van der Waals surface area contributed by atoms with E-state index in [1.807, 2.05) is 6.07 Å². The fraction of sp³-hybridized carbons (Fsp3) is 0.0909. The third kappa shape index (κ3) is 4.00. The Labute approximate surface area is 174 Å². The van der Waals surface area contributed by atoms with E-state index in [1.54, 1.807) is 42.5 Å². The molecule has 0 saturated heterocycles. The van der Waals surface area contributed by atoms with Gasteiger partial charge < -0.3 is 14.5 Å². The molecule has 0 saturated carbocycles. The van der Waals surface area contributed by atoms with E-state index in [9.17, 15) is 9.18 Å². The second-order valence-corrected chi connectivity index (χ2v) is 7.19. The summed E-state index contributed by atoms with van der Waals surface area (Å²) in [6.45, 7) is 0.178. The van der Waals surface area contributed by atoms with Gasteiger partial charge in [0.25, 0.3) is 5.56 Å².